The predicted molar refractivity (Wildman–Crippen MR) is 197 cm³/mol. The van der Waals surface area contributed by atoms with Gasteiger partial charge in [-0.2, -0.15) is 0 Å². The molecule has 11 nitrogen and oxygen atoms in total. The van der Waals surface area contributed by atoms with E-state index in [1.807, 2.05) is 0 Å². The van der Waals surface area contributed by atoms with Crippen molar-refractivity contribution in [1.29, 1.82) is 0 Å². The van der Waals surface area contributed by atoms with Crippen LogP contribution in [0.4, 0.5) is 25.0 Å². The number of anilines is 2. The number of hydrogen-bond acceptors (Lipinski definition) is 8. The summed E-state index contributed by atoms with van der Waals surface area (Å²) in [6.45, 7) is 13.3. The second-order valence-corrected chi connectivity index (χ2v) is 16.3. The second-order valence-electron chi connectivity index (χ2n) is 16.3. The molecule has 1 aliphatic carbocycles. The van der Waals surface area contributed by atoms with Gasteiger partial charge < -0.3 is 23.9 Å². The molecule has 3 atom stereocenters. The summed E-state index contributed by atoms with van der Waals surface area (Å²) in [6, 6.07) is 2.79. The maximum atomic E-state index is 16.3. The first-order chi connectivity index (χ1) is 24.3. The van der Waals surface area contributed by atoms with Gasteiger partial charge >= 0.3 is 12.1 Å². The number of esters is 1. The summed E-state index contributed by atoms with van der Waals surface area (Å²) in [7, 11) is 3.14. The highest BCUT2D eigenvalue weighted by molar-refractivity contribution is 6.19. The standard InChI is InChI=1S/C39H44F2N6O5/c1-19-12-20-10-11-47(26(20)13-19)32-23(21-14-22-33(48)24(36(49)51-38(2,3)4)18-45(8)35(22)43-16-21)17-42-34-29(32)28-30(41)25(40)15-27(31(28)44-34)46(9)37(50)52-39(5,6)7/h14-20,26H,10-13H2,1-9H3,(H,42,44)/t19?,20-,26+/m0/s1. The summed E-state index contributed by atoms with van der Waals surface area (Å²) >= 11 is 0. The highest BCUT2D eigenvalue weighted by Crippen LogP contribution is 2.50. The minimum Gasteiger partial charge on any atom is -0.456 e. The fourth-order valence-electron chi connectivity index (χ4n) is 7.93. The van der Waals surface area contributed by atoms with Crippen LogP contribution in [-0.2, 0) is 16.5 Å². The monoisotopic (exact) mass is 714 g/mol. The van der Waals surface area contributed by atoms with Crippen LogP contribution >= 0.6 is 0 Å². The van der Waals surface area contributed by atoms with Crippen LogP contribution in [0.15, 0.2) is 35.5 Å². The molecule has 1 aliphatic heterocycles. The molecule has 1 N–H and O–H groups in total. The maximum absolute atomic E-state index is 16.3. The van der Waals surface area contributed by atoms with Gasteiger partial charge in [-0.15, -0.1) is 0 Å². The zero-order valence-corrected chi connectivity index (χ0v) is 31.0. The van der Waals surface area contributed by atoms with Crippen molar-refractivity contribution in [2.45, 2.75) is 85.0 Å². The number of amides is 1. The number of pyridine rings is 3. The van der Waals surface area contributed by atoms with Crippen LogP contribution in [0, 0.1) is 23.5 Å². The number of carbonyl (C=O) groups is 2. The second kappa shape index (κ2) is 12.3. The minimum atomic E-state index is -1.13. The van der Waals surface area contributed by atoms with Crippen LogP contribution in [0.2, 0.25) is 0 Å². The Morgan fingerprint density at radius 3 is 2.40 bits per heavy atom. The number of benzene rings is 1. The fourth-order valence-corrected chi connectivity index (χ4v) is 7.93. The van der Waals surface area contributed by atoms with E-state index in [2.05, 4.69) is 21.8 Å². The van der Waals surface area contributed by atoms with E-state index in [1.165, 1.54) is 13.2 Å². The van der Waals surface area contributed by atoms with Crippen LogP contribution in [0.25, 0.3) is 44.1 Å². The molecule has 2 fully saturated rings. The maximum Gasteiger partial charge on any atom is 0.414 e. The number of halogens is 2. The van der Waals surface area contributed by atoms with Gasteiger partial charge in [-0.3, -0.25) is 9.69 Å². The average Bonchev–Trinajstić information content (AvgIpc) is 3.74. The van der Waals surface area contributed by atoms with E-state index in [4.69, 9.17) is 14.5 Å². The molecule has 0 spiro atoms. The van der Waals surface area contributed by atoms with Crippen molar-refractivity contribution in [3.8, 4) is 11.1 Å². The molecule has 13 heteroatoms. The van der Waals surface area contributed by atoms with Crippen LogP contribution in [0.3, 0.4) is 0 Å². The molecule has 2 aliphatic rings. The number of fused-ring (bicyclic) bond motifs is 5. The Kier molecular flexibility index (Phi) is 8.34. The lowest BCUT2D eigenvalue weighted by atomic mass is 9.99. The molecule has 5 aromatic rings. The molecule has 1 saturated carbocycles. The minimum absolute atomic E-state index is 0.0453. The molecule has 274 valence electrons. The lowest BCUT2D eigenvalue weighted by Crippen LogP contribution is -2.34. The predicted octanol–water partition coefficient (Wildman–Crippen LogP) is 7.86. The third-order valence-corrected chi connectivity index (χ3v) is 10.0. The van der Waals surface area contributed by atoms with Gasteiger partial charge in [0.25, 0.3) is 0 Å². The number of aromatic amines is 1. The first-order valence-electron chi connectivity index (χ1n) is 17.6. The number of ether oxygens (including phenoxy) is 2. The summed E-state index contributed by atoms with van der Waals surface area (Å²) in [5.41, 5.74) is 0.373. The van der Waals surface area contributed by atoms with E-state index in [0.717, 1.165) is 30.2 Å². The van der Waals surface area contributed by atoms with Crippen molar-refractivity contribution in [2.24, 2.45) is 18.9 Å². The number of nitrogens with one attached hydrogen (secondary N) is 1. The zero-order valence-electron chi connectivity index (χ0n) is 31.0. The van der Waals surface area contributed by atoms with Gasteiger partial charge in [0.2, 0.25) is 5.43 Å². The molecule has 5 heterocycles. The van der Waals surface area contributed by atoms with Crippen LogP contribution < -0.4 is 15.2 Å². The highest BCUT2D eigenvalue weighted by Gasteiger charge is 2.42. The SMILES string of the molecule is CC1C[C@@H]2CCN(c3c(-c4cnc5c(c4)c(=O)c(C(=O)OC(C)(C)C)cn5C)cnc4[nH]c5c(N(C)C(=O)OC(C)(C)C)cc(F)c(F)c5c34)[C@@H]2C1. The van der Waals surface area contributed by atoms with Crippen molar-refractivity contribution < 1.29 is 27.8 Å². The van der Waals surface area contributed by atoms with Crippen molar-refractivity contribution in [2.75, 3.05) is 23.4 Å². The van der Waals surface area contributed by atoms with E-state index >= 15 is 8.78 Å². The van der Waals surface area contributed by atoms with Gasteiger partial charge in [0.15, 0.2) is 11.6 Å². The van der Waals surface area contributed by atoms with E-state index < -0.39 is 40.3 Å². The molecule has 1 unspecified atom stereocenters. The summed E-state index contributed by atoms with van der Waals surface area (Å²) in [5.74, 6) is -2.04. The third-order valence-electron chi connectivity index (χ3n) is 10.0. The Morgan fingerprint density at radius 1 is 1.00 bits per heavy atom. The third kappa shape index (κ3) is 6.03. The Morgan fingerprint density at radius 2 is 1.71 bits per heavy atom. The first-order valence-corrected chi connectivity index (χ1v) is 17.6. The average molecular weight is 715 g/mol. The number of nitrogens with zero attached hydrogens (tertiary/aromatic N) is 5. The zero-order chi connectivity index (χ0) is 37.6. The van der Waals surface area contributed by atoms with E-state index in [0.29, 0.717) is 51.9 Å². The number of rotatable bonds is 4. The Hall–Kier alpha value is -5.07. The molecule has 7 rings (SSSR count). The Balaban J connectivity index is 1.49. The quantitative estimate of drug-likeness (QED) is 0.187. The molecule has 1 amide bonds. The summed E-state index contributed by atoms with van der Waals surface area (Å²) in [5, 5.41) is 0.510. The van der Waals surface area contributed by atoms with Gasteiger partial charge in [0.1, 0.15) is 28.1 Å². The Labute approximate surface area is 299 Å². The first kappa shape index (κ1) is 35.3. The van der Waals surface area contributed by atoms with Crippen molar-refractivity contribution in [1.82, 2.24) is 19.5 Å². The number of H-pyrrole nitrogens is 1. The Bertz CT molecular complexity index is 2350. The van der Waals surface area contributed by atoms with E-state index in [1.54, 1.807) is 71.6 Å². The smallest absolute Gasteiger partial charge is 0.414 e. The molecule has 1 aromatic carbocycles. The number of carbonyl (C=O) groups excluding carboxylic acids is 2. The van der Waals surface area contributed by atoms with Crippen molar-refractivity contribution in [3.63, 3.8) is 0 Å². The van der Waals surface area contributed by atoms with E-state index in [9.17, 15) is 14.4 Å². The molecular formula is C39H44F2N6O5. The fraction of sp³-hybridized carbons (Fsp3) is 0.462. The summed E-state index contributed by atoms with van der Waals surface area (Å²) < 4.78 is 44.6. The number of hydrogen-bond donors (Lipinski definition) is 1. The molecular weight excluding hydrogens is 670 g/mol. The lowest BCUT2D eigenvalue weighted by molar-refractivity contribution is 0.00671. The largest absolute Gasteiger partial charge is 0.456 e. The van der Waals surface area contributed by atoms with Crippen molar-refractivity contribution in [3.05, 3.63) is 58.1 Å². The number of aryl methyl sites for hydroxylation is 1. The van der Waals surface area contributed by atoms with Crippen LogP contribution in [0.1, 0.15) is 78.1 Å². The van der Waals surface area contributed by atoms with Gasteiger partial charge in [0, 0.05) is 62.5 Å². The number of aromatic nitrogens is 4. The summed E-state index contributed by atoms with van der Waals surface area (Å²) in [6.07, 6.45) is 6.88. The van der Waals surface area contributed by atoms with Crippen LogP contribution in [0.5, 0.6) is 0 Å². The molecule has 1 saturated heterocycles. The van der Waals surface area contributed by atoms with Gasteiger partial charge in [-0.1, -0.05) is 6.92 Å². The van der Waals surface area contributed by atoms with Gasteiger partial charge in [-0.25, -0.2) is 28.3 Å². The molecule has 4 aromatic heterocycles. The highest BCUT2D eigenvalue weighted by atomic mass is 19.2. The topological polar surface area (TPSA) is 123 Å². The molecule has 0 radical (unpaired) electrons. The molecule has 0 bridgehead atoms. The normalized spacial score (nSPS) is 19.1. The van der Waals surface area contributed by atoms with Gasteiger partial charge in [0.05, 0.1) is 33.1 Å². The van der Waals surface area contributed by atoms with Crippen molar-refractivity contribution >= 4 is 56.4 Å². The molecule has 52 heavy (non-hydrogen) atoms. The van der Waals surface area contributed by atoms with Crippen LogP contribution in [-0.4, -0.2) is 62.4 Å². The lowest BCUT2D eigenvalue weighted by Gasteiger charge is -2.29. The van der Waals surface area contributed by atoms with Gasteiger partial charge in [-0.05, 0) is 78.7 Å². The summed E-state index contributed by atoms with van der Waals surface area (Å²) in [4.78, 5) is 56.1. The van der Waals surface area contributed by atoms with E-state index in [-0.39, 0.29) is 33.6 Å².